The average Bonchev–Trinajstić information content (AvgIpc) is 2.79. The molecule has 164 valence electrons. The van der Waals surface area contributed by atoms with Gasteiger partial charge in [-0.1, -0.05) is 42.5 Å². The molecule has 3 aromatic carbocycles. The number of aryl methyl sites for hydroxylation is 1. The monoisotopic (exact) mass is 432 g/mol. The van der Waals surface area contributed by atoms with Crippen LogP contribution in [-0.2, 0) is 22.5 Å². The summed E-state index contributed by atoms with van der Waals surface area (Å²) < 4.78 is 18.9. The minimum absolute atomic E-state index is 0.301. The molecule has 5 nitrogen and oxygen atoms in total. The molecule has 32 heavy (non-hydrogen) atoms. The van der Waals surface area contributed by atoms with Crippen LogP contribution in [-0.4, -0.2) is 25.0 Å². The number of rotatable bonds is 6. The molecule has 0 spiro atoms. The van der Waals surface area contributed by atoms with Gasteiger partial charge in [-0.05, 0) is 72.0 Å². The normalized spacial score (nSPS) is 17.4. The first kappa shape index (κ1) is 21.7. The number of primary amides is 1. The molecule has 3 N–H and O–H groups in total. The molecule has 6 heteroatoms. The van der Waals surface area contributed by atoms with Gasteiger partial charge in [-0.2, -0.15) is 0 Å². The molecule has 0 radical (unpaired) electrons. The van der Waals surface area contributed by atoms with Crippen molar-refractivity contribution >= 4 is 11.9 Å². The van der Waals surface area contributed by atoms with Gasteiger partial charge in [0.1, 0.15) is 11.9 Å². The zero-order chi connectivity index (χ0) is 22.7. The molecule has 3 aromatic rings. The van der Waals surface area contributed by atoms with Gasteiger partial charge >= 0.3 is 5.97 Å². The van der Waals surface area contributed by atoms with Gasteiger partial charge in [-0.15, -0.1) is 0 Å². The molecule has 2 unspecified atom stereocenters. The highest BCUT2D eigenvalue weighted by atomic mass is 19.1. The third-order valence-corrected chi connectivity index (χ3v) is 5.86. The van der Waals surface area contributed by atoms with Crippen LogP contribution >= 0.6 is 0 Å². The molecule has 4 rings (SSSR count). The Morgan fingerprint density at radius 2 is 1.69 bits per heavy atom. The van der Waals surface area contributed by atoms with Crippen molar-refractivity contribution in [3.8, 4) is 11.1 Å². The third kappa shape index (κ3) is 4.55. The van der Waals surface area contributed by atoms with Crippen molar-refractivity contribution in [2.45, 2.75) is 31.4 Å². The largest absolute Gasteiger partial charge is 0.458 e. The van der Waals surface area contributed by atoms with E-state index in [0.717, 1.165) is 34.4 Å². The Hall–Kier alpha value is -3.51. The minimum atomic E-state index is -0.676. The molecule has 0 saturated carbocycles. The van der Waals surface area contributed by atoms with Gasteiger partial charge in [0.2, 0.25) is 5.91 Å². The van der Waals surface area contributed by atoms with Gasteiger partial charge in [0.25, 0.3) is 0 Å². The Morgan fingerprint density at radius 3 is 2.31 bits per heavy atom. The fraction of sp³-hybridized carbons (Fsp3) is 0.231. The summed E-state index contributed by atoms with van der Waals surface area (Å²) >= 11 is 0. The molecule has 1 aliphatic rings. The van der Waals surface area contributed by atoms with E-state index in [9.17, 15) is 14.0 Å². The van der Waals surface area contributed by atoms with Gasteiger partial charge < -0.3 is 15.8 Å². The molecular formula is C26H25FN2O3. The van der Waals surface area contributed by atoms with Crippen LogP contribution in [0.25, 0.3) is 11.1 Å². The first-order chi connectivity index (χ1) is 15.5. The van der Waals surface area contributed by atoms with Crippen LogP contribution < -0.4 is 11.1 Å². The van der Waals surface area contributed by atoms with E-state index in [1.165, 1.54) is 12.1 Å². The topological polar surface area (TPSA) is 81.4 Å². The second-order valence-corrected chi connectivity index (χ2v) is 8.01. The number of hydrogen-bond donors (Lipinski definition) is 2. The standard InChI is InChI=1S/C26H25FN2O3/c1-29-15-16-2-12-22-20(14-16)9-13-23(24(22)25(28)30)32-26(31)19-5-3-17(4-6-19)18-7-10-21(27)11-8-18/h2-8,10-12,14,23-24,29H,9,13,15H2,1H3,(H2,28,30). The number of nitrogens with one attached hydrogen (secondary N) is 1. The smallest absolute Gasteiger partial charge is 0.338 e. The fourth-order valence-electron chi connectivity index (χ4n) is 4.27. The predicted octanol–water partition coefficient (Wildman–Crippen LogP) is 3.95. The maximum atomic E-state index is 13.1. The zero-order valence-corrected chi connectivity index (χ0v) is 17.8. The fourth-order valence-corrected chi connectivity index (χ4v) is 4.27. The van der Waals surface area contributed by atoms with Crippen molar-refractivity contribution in [3.05, 3.63) is 94.8 Å². The van der Waals surface area contributed by atoms with Gasteiger partial charge in [-0.25, -0.2) is 9.18 Å². The molecule has 2 atom stereocenters. The van der Waals surface area contributed by atoms with Gasteiger partial charge in [-0.3, -0.25) is 4.79 Å². The third-order valence-electron chi connectivity index (χ3n) is 5.86. The van der Waals surface area contributed by atoms with Crippen LogP contribution in [0, 0.1) is 5.82 Å². The SMILES string of the molecule is CNCc1ccc2c(c1)CCC(OC(=O)c1ccc(-c3ccc(F)cc3)cc1)C2C(N)=O. The van der Waals surface area contributed by atoms with Crippen molar-refractivity contribution < 1.29 is 18.7 Å². The molecule has 1 amide bonds. The van der Waals surface area contributed by atoms with Crippen LogP contribution in [0.3, 0.4) is 0 Å². The number of hydrogen-bond acceptors (Lipinski definition) is 4. The number of esters is 1. The van der Waals surface area contributed by atoms with E-state index in [1.807, 2.05) is 19.2 Å². The predicted molar refractivity (Wildman–Crippen MR) is 121 cm³/mol. The quantitative estimate of drug-likeness (QED) is 0.578. The lowest BCUT2D eigenvalue weighted by Gasteiger charge is -2.31. The highest BCUT2D eigenvalue weighted by Crippen LogP contribution is 2.35. The highest BCUT2D eigenvalue weighted by molar-refractivity contribution is 5.91. The maximum absolute atomic E-state index is 13.1. The van der Waals surface area contributed by atoms with Crippen molar-refractivity contribution in [1.29, 1.82) is 0 Å². The molecule has 0 aliphatic heterocycles. The summed E-state index contributed by atoms with van der Waals surface area (Å²) in [6, 6.07) is 19.0. The van der Waals surface area contributed by atoms with Crippen LogP contribution in [0.5, 0.6) is 0 Å². The Morgan fingerprint density at radius 1 is 1.03 bits per heavy atom. The lowest BCUT2D eigenvalue weighted by atomic mass is 9.79. The van der Waals surface area contributed by atoms with Crippen molar-refractivity contribution in [3.63, 3.8) is 0 Å². The number of benzene rings is 3. The first-order valence-electron chi connectivity index (χ1n) is 10.6. The van der Waals surface area contributed by atoms with Gasteiger partial charge in [0.05, 0.1) is 11.5 Å². The summed E-state index contributed by atoms with van der Waals surface area (Å²) in [5.41, 5.74) is 10.8. The molecule has 1 aliphatic carbocycles. The van der Waals surface area contributed by atoms with Crippen LogP contribution in [0.1, 0.15) is 39.4 Å². The van der Waals surface area contributed by atoms with Crippen molar-refractivity contribution in [2.24, 2.45) is 5.73 Å². The first-order valence-corrected chi connectivity index (χ1v) is 10.6. The van der Waals surface area contributed by atoms with E-state index in [2.05, 4.69) is 11.4 Å². The molecule has 0 heterocycles. The van der Waals surface area contributed by atoms with Gasteiger partial charge in [0.15, 0.2) is 0 Å². The van der Waals surface area contributed by atoms with Gasteiger partial charge in [0, 0.05) is 6.54 Å². The number of carbonyl (C=O) groups excluding carboxylic acids is 2. The molecule has 0 fully saturated rings. The summed E-state index contributed by atoms with van der Waals surface area (Å²) in [5.74, 6) is -1.98. The summed E-state index contributed by atoms with van der Waals surface area (Å²) in [5, 5.41) is 3.12. The Kier molecular flexibility index (Phi) is 6.32. The number of halogens is 1. The van der Waals surface area contributed by atoms with Crippen molar-refractivity contribution in [2.75, 3.05) is 7.05 Å². The van der Waals surface area contributed by atoms with E-state index in [0.29, 0.717) is 18.4 Å². The van der Waals surface area contributed by atoms with Crippen LogP contribution in [0.15, 0.2) is 66.7 Å². The zero-order valence-electron chi connectivity index (χ0n) is 17.8. The summed E-state index contributed by atoms with van der Waals surface area (Å²) in [6.45, 7) is 0.737. The number of nitrogens with two attached hydrogens (primary N) is 1. The minimum Gasteiger partial charge on any atom is -0.458 e. The summed E-state index contributed by atoms with van der Waals surface area (Å²) in [7, 11) is 1.88. The molecule has 0 aromatic heterocycles. The number of amides is 1. The Balaban J connectivity index is 1.51. The molecule has 0 saturated heterocycles. The lowest BCUT2D eigenvalue weighted by Crippen LogP contribution is -2.38. The second kappa shape index (κ2) is 9.32. The number of carbonyl (C=O) groups is 2. The van der Waals surface area contributed by atoms with Crippen LogP contribution in [0.2, 0.25) is 0 Å². The van der Waals surface area contributed by atoms with E-state index in [-0.39, 0.29) is 5.82 Å². The van der Waals surface area contributed by atoms with E-state index in [4.69, 9.17) is 10.5 Å². The molecule has 0 bridgehead atoms. The lowest BCUT2D eigenvalue weighted by molar-refractivity contribution is -0.122. The Labute approximate surface area is 186 Å². The summed E-state index contributed by atoms with van der Waals surface area (Å²) in [4.78, 5) is 25.1. The maximum Gasteiger partial charge on any atom is 0.338 e. The van der Waals surface area contributed by atoms with E-state index < -0.39 is 23.9 Å². The van der Waals surface area contributed by atoms with Crippen molar-refractivity contribution in [1.82, 2.24) is 5.32 Å². The van der Waals surface area contributed by atoms with E-state index in [1.54, 1.807) is 36.4 Å². The highest BCUT2D eigenvalue weighted by Gasteiger charge is 2.36. The number of fused-ring (bicyclic) bond motifs is 1. The second-order valence-electron chi connectivity index (χ2n) is 8.01. The summed E-state index contributed by atoms with van der Waals surface area (Å²) in [6.07, 6.45) is 0.626. The Bertz CT molecular complexity index is 1130. The number of ether oxygens (including phenoxy) is 1. The molecular weight excluding hydrogens is 407 g/mol. The average molecular weight is 432 g/mol. The van der Waals surface area contributed by atoms with Crippen LogP contribution in [0.4, 0.5) is 4.39 Å². The van der Waals surface area contributed by atoms with E-state index >= 15 is 0 Å².